The van der Waals surface area contributed by atoms with Gasteiger partial charge in [0, 0.05) is 18.8 Å². The molecule has 0 fully saturated rings. The Kier molecular flexibility index (Phi) is 5.12. The fourth-order valence-corrected chi connectivity index (χ4v) is 3.47. The summed E-state index contributed by atoms with van der Waals surface area (Å²) >= 11 is 0. The fourth-order valence-electron chi connectivity index (χ4n) is 3.47. The molecule has 0 saturated carbocycles. The Bertz CT molecular complexity index is 1210. The number of rotatable bonds is 6. The zero-order valence-corrected chi connectivity index (χ0v) is 16.8. The molecule has 0 aliphatic carbocycles. The number of H-pyrrole nitrogens is 1. The minimum absolute atomic E-state index is 0.215. The van der Waals surface area contributed by atoms with Gasteiger partial charge in [-0.25, -0.2) is 4.98 Å². The summed E-state index contributed by atoms with van der Waals surface area (Å²) in [6.07, 6.45) is 3.44. The number of hydrogen-bond donors (Lipinski definition) is 1. The molecule has 148 valence electrons. The SMILES string of the molecule is CCCc1nn(C)c2c(=O)[nH]c(-c3cc(-c4ccccn4)ccc3OCC)nc12. The monoisotopic (exact) mass is 389 g/mol. The van der Waals surface area contributed by atoms with Gasteiger partial charge in [0.2, 0.25) is 0 Å². The second kappa shape index (κ2) is 7.87. The minimum atomic E-state index is -0.215. The van der Waals surface area contributed by atoms with Gasteiger partial charge in [0.1, 0.15) is 17.1 Å². The Labute approximate surface area is 168 Å². The number of pyridine rings is 1. The highest BCUT2D eigenvalue weighted by atomic mass is 16.5. The molecule has 29 heavy (non-hydrogen) atoms. The molecular weight excluding hydrogens is 366 g/mol. The Morgan fingerprint density at radius 1 is 1.17 bits per heavy atom. The molecule has 3 heterocycles. The van der Waals surface area contributed by atoms with E-state index in [1.807, 2.05) is 43.3 Å². The first-order valence-corrected chi connectivity index (χ1v) is 9.76. The lowest BCUT2D eigenvalue weighted by Gasteiger charge is -2.12. The third-order valence-corrected chi connectivity index (χ3v) is 4.74. The second-order valence-electron chi connectivity index (χ2n) is 6.79. The Balaban J connectivity index is 1.94. The van der Waals surface area contributed by atoms with Gasteiger partial charge < -0.3 is 9.72 Å². The molecule has 1 N–H and O–H groups in total. The van der Waals surface area contributed by atoms with Crippen molar-refractivity contribution < 1.29 is 4.74 Å². The highest BCUT2D eigenvalue weighted by Crippen LogP contribution is 2.32. The lowest BCUT2D eigenvalue weighted by Crippen LogP contribution is -2.12. The van der Waals surface area contributed by atoms with Crippen LogP contribution in [0.15, 0.2) is 47.4 Å². The number of ether oxygens (including phenoxy) is 1. The molecule has 0 saturated heterocycles. The van der Waals surface area contributed by atoms with E-state index in [9.17, 15) is 4.79 Å². The Hall–Kier alpha value is -3.48. The molecule has 0 aliphatic heterocycles. The number of fused-ring (bicyclic) bond motifs is 1. The Morgan fingerprint density at radius 2 is 2.03 bits per heavy atom. The van der Waals surface area contributed by atoms with E-state index in [4.69, 9.17) is 9.72 Å². The number of nitrogens with zero attached hydrogens (tertiary/aromatic N) is 4. The summed E-state index contributed by atoms with van der Waals surface area (Å²) in [5, 5.41) is 4.49. The quantitative estimate of drug-likeness (QED) is 0.543. The van der Waals surface area contributed by atoms with Crippen molar-refractivity contribution in [3.63, 3.8) is 0 Å². The zero-order valence-electron chi connectivity index (χ0n) is 16.8. The van der Waals surface area contributed by atoms with Crippen LogP contribution in [0.25, 0.3) is 33.7 Å². The third-order valence-electron chi connectivity index (χ3n) is 4.74. The standard InChI is InChI=1S/C22H23N5O2/c1-4-8-17-19-20(27(3)26-17)22(28)25-21(24-19)15-13-14(10-11-18(15)29-5-2)16-9-6-7-12-23-16/h6-7,9-13H,4-5,8H2,1-3H3,(H,24,25,28). The second-order valence-corrected chi connectivity index (χ2v) is 6.79. The van der Waals surface area contributed by atoms with Crippen LogP contribution in [0.5, 0.6) is 5.75 Å². The molecule has 0 bridgehead atoms. The van der Waals surface area contributed by atoms with Crippen LogP contribution >= 0.6 is 0 Å². The van der Waals surface area contributed by atoms with Gasteiger partial charge in [-0.3, -0.25) is 14.5 Å². The summed E-state index contributed by atoms with van der Waals surface area (Å²) in [4.78, 5) is 24.9. The number of aryl methyl sites for hydroxylation is 2. The highest BCUT2D eigenvalue weighted by Gasteiger charge is 2.18. The maximum absolute atomic E-state index is 12.8. The van der Waals surface area contributed by atoms with E-state index in [1.54, 1.807) is 17.9 Å². The van der Waals surface area contributed by atoms with E-state index in [2.05, 4.69) is 22.0 Å². The number of aromatic amines is 1. The number of hydrogen-bond acceptors (Lipinski definition) is 5. The van der Waals surface area contributed by atoms with Crippen molar-refractivity contribution in [1.29, 1.82) is 0 Å². The molecule has 4 aromatic rings. The number of nitrogens with one attached hydrogen (secondary N) is 1. The molecular formula is C22H23N5O2. The van der Waals surface area contributed by atoms with Gasteiger partial charge in [-0.05, 0) is 43.7 Å². The molecule has 0 aliphatic rings. The lowest BCUT2D eigenvalue weighted by molar-refractivity contribution is 0.341. The number of aromatic nitrogens is 5. The maximum Gasteiger partial charge on any atom is 0.277 e. The molecule has 1 aromatic carbocycles. The minimum Gasteiger partial charge on any atom is -0.493 e. The molecule has 7 heteroatoms. The molecule has 4 rings (SSSR count). The van der Waals surface area contributed by atoms with E-state index >= 15 is 0 Å². The van der Waals surface area contributed by atoms with Gasteiger partial charge in [-0.15, -0.1) is 0 Å². The predicted molar refractivity (Wildman–Crippen MR) is 113 cm³/mol. The van der Waals surface area contributed by atoms with Crippen molar-refractivity contribution in [3.05, 3.63) is 58.6 Å². The summed E-state index contributed by atoms with van der Waals surface area (Å²) in [6, 6.07) is 11.6. The van der Waals surface area contributed by atoms with Crippen molar-refractivity contribution in [2.45, 2.75) is 26.7 Å². The summed E-state index contributed by atoms with van der Waals surface area (Å²) in [7, 11) is 1.77. The summed E-state index contributed by atoms with van der Waals surface area (Å²) < 4.78 is 7.41. The zero-order chi connectivity index (χ0) is 20.4. The third kappa shape index (κ3) is 3.51. The van der Waals surface area contributed by atoms with E-state index in [1.165, 1.54) is 0 Å². The first-order valence-electron chi connectivity index (χ1n) is 9.76. The molecule has 0 spiro atoms. The van der Waals surface area contributed by atoms with E-state index in [0.717, 1.165) is 35.4 Å². The van der Waals surface area contributed by atoms with Gasteiger partial charge in [-0.1, -0.05) is 19.4 Å². The topological polar surface area (TPSA) is 85.7 Å². The van der Waals surface area contributed by atoms with Gasteiger partial charge in [0.05, 0.1) is 23.6 Å². The van der Waals surface area contributed by atoms with Crippen molar-refractivity contribution in [3.8, 4) is 28.4 Å². The summed E-state index contributed by atoms with van der Waals surface area (Å²) in [5.41, 5.74) is 4.22. The number of benzene rings is 1. The van der Waals surface area contributed by atoms with E-state index < -0.39 is 0 Å². The van der Waals surface area contributed by atoms with Gasteiger partial charge >= 0.3 is 0 Å². The maximum atomic E-state index is 12.8. The predicted octanol–water partition coefficient (Wildman–Crippen LogP) is 3.74. The van der Waals surface area contributed by atoms with Crippen LogP contribution in [0, 0.1) is 0 Å². The molecule has 7 nitrogen and oxygen atoms in total. The summed E-state index contributed by atoms with van der Waals surface area (Å²) in [5.74, 6) is 1.13. The van der Waals surface area contributed by atoms with Crippen LogP contribution in [0.4, 0.5) is 0 Å². The van der Waals surface area contributed by atoms with E-state index in [0.29, 0.717) is 29.2 Å². The first-order chi connectivity index (χ1) is 14.1. The molecule has 0 amide bonds. The smallest absolute Gasteiger partial charge is 0.277 e. The van der Waals surface area contributed by atoms with Crippen LogP contribution in [0.2, 0.25) is 0 Å². The fraction of sp³-hybridized carbons (Fsp3) is 0.273. The molecule has 0 atom stereocenters. The lowest BCUT2D eigenvalue weighted by atomic mass is 10.1. The van der Waals surface area contributed by atoms with Gasteiger partial charge in [-0.2, -0.15) is 5.10 Å². The first kappa shape index (κ1) is 18.9. The van der Waals surface area contributed by atoms with E-state index in [-0.39, 0.29) is 5.56 Å². The van der Waals surface area contributed by atoms with Crippen LogP contribution in [0.1, 0.15) is 26.0 Å². The highest BCUT2D eigenvalue weighted by molar-refractivity contribution is 5.81. The van der Waals surface area contributed by atoms with Crippen molar-refractivity contribution in [2.24, 2.45) is 7.05 Å². The van der Waals surface area contributed by atoms with Crippen molar-refractivity contribution in [1.82, 2.24) is 24.7 Å². The molecule has 3 aromatic heterocycles. The largest absolute Gasteiger partial charge is 0.493 e. The van der Waals surface area contributed by atoms with Crippen LogP contribution < -0.4 is 10.3 Å². The van der Waals surface area contributed by atoms with Gasteiger partial charge in [0.15, 0.2) is 5.52 Å². The van der Waals surface area contributed by atoms with Crippen LogP contribution in [-0.4, -0.2) is 31.3 Å². The summed E-state index contributed by atoms with van der Waals surface area (Å²) in [6.45, 7) is 4.52. The van der Waals surface area contributed by atoms with Crippen molar-refractivity contribution >= 4 is 11.0 Å². The van der Waals surface area contributed by atoms with Gasteiger partial charge in [0.25, 0.3) is 5.56 Å². The average Bonchev–Trinajstić information content (AvgIpc) is 3.05. The van der Waals surface area contributed by atoms with Crippen LogP contribution in [0.3, 0.4) is 0 Å². The molecule has 0 unspecified atom stereocenters. The Morgan fingerprint density at radius 3 is 2.76 bits per heavy atom. The normalized spacial score (nSPS) is 11.1. The average molecular weight is 389 g/mol. The molecule has 0 radical (unpaired) electrons. The van der Waals surface area contributed by atoms with Crippen molar-refractivity contribution in [2.75, 3.05) is 6.61 Å². The van der Waals surface area contributed by atoms with Crippen LogP contribution in [-0.2, 0) is 13.5 Å².